The van der Waals surface area contributed by atoms with Crippen LogP contribution in [-0.4, -0.2) is 9.97 Å². The van der Waals surface area contributed by atoms with Crippen LogP contribution in [0.5, 0.6) is 0 Å². The number of thioether (sulfide) groups is 1. The minimum Gasteiger partial charge on any atom is -0.229 e. The molecule has 0 amide bonds. The van der Waals surface area contributed by atoms with Crippen LogP contribution in [-0.2, 0) is 0 Å². The molecule has 1 atom stereocenters. The molecule has 0 radical (unpaired) electrons. The molecule has 0 unspecified atom stereocenters. The second-order valence-electron chi connectivity index (χ2n) is 4.10. The first kappa shape index (κ1) is 12.9. The number of hydrogen-bond donors (Lipinski definition) is 0. The summed E-state index contributed by atoms with van der Waals surface area (Å²) in [6, 6.07) is 10.0. The highest BCUT2D eigenvalue weighted by Crippen LogP contribution is 2.39. The van der Waals surface area contributed by atoms with Crippen molar-refractivity contribution in [1.82, 2.24) is 9.97 Å². The second kappa shape index (κ2) is 5.49. The van der Waals surface area contributed by atoms with Crippen molar-refractivity contribution in [2.75, 3.05) is 0 Å². The van der Waals surface area contributed by atoms with Crippen LogP contribution >= 0.6 is 34.7 Å². The second-order valence-corrected chi connectivity index (χ2v) is 6.73. The lowest BCUT2D eigenvalue weighted by Gasteiger charge is -2.12. The summed E-state index contributed by atoms with van der Waals surface area (Å²) in [4.78, 5) is 9.69. The summed E-state index contributed by atoms with van der Waals surface area (Å²) in [7, 11) is 0. The molecule has 0 bridgehead atoms. The third-order valence-electron chi connectivity index (χ3n) is 2.86. The van der Waals surface area contributed by atoms with E-state index >= 15 is 0 Å². The normalized spacial score (nSPS) is 12.7. The van der Waals surface area contributed by atoms with Crippen LogP contribution in [0.25, 0.3) is 10.2 Å². The Morgan fingerprint density at radius 2 is 2.05 bits per heavy atom. The van der Waals surface area contributed by atoms with Crippen LogP contribution in [0.2, 0.25) is 5.02 Å². The molecule has 1 aromatic carbocycles. The zero-order valence-corrected chi connectivity index (χ0v) is 12.6. The lowest BCUT2D eigenvalue weighted by atomic mass is 10.2. The molecule has 0 spiro atoms. The average Bonchev–Trinajstić information content (AvgIpc) is 2.88. The Morgan fingerprint density at radius 3 is 2.89 bits per heavy atom. The summed E-state index contributed by atoms with van der Waals surface area (Å²) in [6.45, 7) is 2.15. The number of benzene rings is 1. The van der Waals surface area contributed by atoms with Crippen molar-refractivity contribution < 1.29 is 0 Å². The van der Waals surface area contributed by atoms with Crippen molar-refractivity contribution in [2.24, 2.45) is 0 Å². The number of halogens is 1. The van der Waals surface area contributed by atoms with E-state index in [9.17, 15) is 0 Å². The Kier molecular flexibility index (Phi) is 3.73. The van der Waals surface area contributed by atoms with E-state index in [1.807, 2.05) is 23.6 Å². The lowest BCUT2D eigenvalue weighted by Crippen LogP contribution is -1.91. The molecule has 2 nitrogen and oxygen atoms in total. The van der Waals surface area contributed by atoms with Crippen molar-refractivity contribution in [3.05, 3.63) is 52.6 Å². The topological polar surface area (TPSA) is 25.8 Å². The first-order chi connectivity index (χ1) is 9.25. The molecule has 0 N–H and O–H groups in total. The molecule has 0 aliphatic rings. The van der Waals surface area contributed by atoms with E-state index in [0.29, 0.717) is 0 Å². The summed E-state index contributed by atoms with van der Waals surface area (Å²) in [5, 5.41) is 5.24. The number of aromatic nitrogens is 2. The number of hydrogen-bond acceptors (Lipinski definition) is 4. The Hall–Kier alpha value is -1.10. The van der Waals surface area contributed by atoms with E-state index in [2.05, 4.69) is 29.0 Å². The van der Waals surface area contributed by atoms with E-state index < -0.39 is 0 Å². The van der Waals surface area contributed by atoms with Gasteiger partial charge in [0.15, 0.2) is 0 Å². The van der Waals surface area contributed by atoms with Crippen LogP contribution in [0.15, 0.2) is 47.1 Å². The van der Waals surface area contributed by atoms with Crippen molar-refractivity contribution >= 4 is 44.9 Å². The van der Waals surface area contributed by atoms with Gasteiger partial charge in [-0.25, -0.2) is 9.97 Å². The van der Waals surface area contributed by atoms with Gasteiger partial charge in [0.25, 0.3) is 0 Å². The Morgan fingerprint density at radius 1 is 1.21 bits per heavy atom. The summed E-state index contributed by atoms with van der Waals surface area (Å²) in [5.74, 6) is 0. The summed E-state index contributed by atoms with van der Waals surface area (Å²) < 4.78 is 0. The highest BCUT2D eigenvalue weighted by atomic mass is 35.5. The average molecular weight is 307 g/mol. The maximum Gasteiger partial charge on any atom is 0.127 e. The molecule has 3 rings (SSSR count). The first-order valence-electron chi connectivity index (χ1n) is 5.85. The summed E-state index contributed by atoms with van der Waals surface area (Å²) in [6.07, 6.45) is 1.63. The Labute approximate surface area is 124 Å². The van der Waals surface area contributed by atoms with E-state index in [1.165, 1.54) is 0 Å². The fourth-order valence-electron chi connectivity index (χ4n) is 1.90. The number of rotatable bonds is 3. The maximum atomic E-state index is 6.24. The molecular formula is C14H11ClN2S2. The minimum absolute atomic E-state index is 0.256. The standard InChI is InChI=1S/C14H11ClN2S2/c1-9(10-4-2-3-5-12(10)15)19-14-11-6-7-18-13(11)16-8-17-14/h2-9H,1H3/t9-/m1/s1. The van der Waals surface area contributed by atoms with Gasteiger partial charge >= 0.3 is 0 Å². The molecule has 0 fully saturated rings. The van der Waals surface area contributed by atoms with E-state index in [-0.39, 0.29) is 5.25 Å². The molecule has 5 heteroatoms. The Balaban J connectivity index is 1.93. The van der Waals surface area contributed by atoms with Gasteiger partial charge in [-0.3, -0.25) is 0 Å². The van der Waals surface area contributed by atoms with Crippen molar-refractivity contribution in [3.63, 3.8) is 0 Å². The van der Waals surface area contributed by atoms with E-state index in [0.717, 1.165) is 25.8 Å². The van der Waals surface area contributed by atoms with Crippen molar-refractivity contribution in [1.29, 1.82) is 0 Å². The molecule has 0 aliphatic heterocycles. The number of nitrogens with zero attached hydrogens (tertiary/aromatic N) is 2. The smallest absolute Gasteiger partial charge is 0.127 e. The third-order valence-corrected chi connectivity index (χ3v) is 5.18. The highest BCUT2D eigenvalue weighted by Gasteiger charge is 2.14. The van der Waals surface area contributed by atoms with Gasteiger partial charge in [-0.1, -0.05) is 41.6 Å². The first-order valence-corrected chi connectivity index (χ1v) is 7.98. The zero-order valence-electron chi connectivity index (χ0n) is 10.2. The lowest BCUT2D eigenvalue weighted by molar-refractivity contribution is 1.06. The molecule has 96 valence electrons. The largest absolute Gasteiger partial charge is 0.229 e. The molecule has 2 heterocycles. The molecule has 3 aromatic rings. The molecular weight excluding hydrogens is 296 g/mol. The molecule has 19 heavy (non-hydrogen) atoms. The SMILES string of the molecule is C[C@@H](Sc1ncnc2sccc12)c1ccccc1Cl. The monoisotopic (exact) mass is 306 g/mol. The minimum atomic E-state index is 0.256. The van der Waals surface area contributed by atoms with Crippen LogP contribution in [0, 0.1) is 0 Å². The van der Waals surface area contributed by atoms with Gasteiger partial charge in [-0.05, 0) is 30.0 Å². The fraction of sp³-hybridized carbons (Fsp3) is 0.143. The van der Waals surface area contributed by atoms with Gasteiger partial charge in [-0.2, -0.15) is 0 Å². The van der Waals surface area contributed by atoms with Crippen LogP contribution < -0.4 is 0 Å². The molecule has 0 aliphatic carbocycles. The highest BCUT2D eigenvalue weighted by molar-refractivity contribution is 7.99. The quantitative estimate of drug-likeness (QED) is 0.491. The predicted molar refractivity (Wildman–Crippen MR) is 83.1 cm³/mol. The van der Waals surface area contributed by atoms with Crippen LogP contribution in [0.1, 0.15) is 17.7 Å². The van der Waals surface area contributed by atoms with E-state index in [1.54, 1.807) is 29.4 Å². The van der Waals surface area contributed by atoms with E-state index in [4.69, 9.17) is 11.6 Å². The van der Waals surface area contributed by atoms with Gasteiger partial charge in [0.05, 0.1) is 0 Å². The van der Waals surface area contributed by atoms with Gasteiger partial charge in [0, 0.05) is 15.7 Å². The third kappa shape index (κ3) is 2.61. The van der Waals surface area contributed by atoms with Crippen LogP contribution in [0.3, 0.4) is 0 Å². The number of thiophene rings is 1. The van der Waals surface area contributed by atoms with Gasteiger partial charge in [-0.15, -0.1) is 11.3 Å². The van der Waals surface area contributed by atoms with Gasteiger partial charge in [0.1, 0.15) is 16.2 Å². The van der Waals surface area contributed by atoms with Crippen LogP contribution in [0.4, 0.5) is 0 Å². The van der Waals surface area contributed by atoms with Crippen molar-refractivity contribution in [3.8, 4) is 0 Å². The molecule has 2 aromatic heterocycles. The number of fused-ring (bicyclic) bond motifs is 1. The predicted octanol–water partition coefficient (Wildman–Crippen LogP) is 5.20. The van der Waals surface area contributed by atoms with Gasteiger partial charge in [0.2, 0.25) is 0 Å². The summed E-state index contributed by atoms with van der Waals surface area (Å²) >= 11 is 9.59. The summed E-state index contributed by atoms with van der Waals surface area (Å²) in [5.41, 5.74) is 1.14. The molecule has 0 saturated heterocycles. The molecule has 0 saturated carbocycles. The maximum absolute atomic E-state index is 6.24. The zero-order chi connectivity index (χ0) is 13.2. The van der Waals surface area contributed by atoms with Crippen molar-refractivity contribution in [2.45, 2.75) is 17.2 Å². The van der Waals surface area contributed by atoms with Gasteiger partial charge < -0.3 is 0 Å². The fourth-order valence-corrected chi connectivity index (χ4v) is 4.13. The Bertz CT molecular complexity index is 711.